The first-order valence-corrected chi connectivity index (χ1v) is 9.23. The molecule has 158 valence electrons. The van der Waals surface area contributed by atoms with Crippen LogP contribution in [0.4, 0.5) is 11.4 Å². The number of rotatable bonds is 9. The maximum Gasteiger partial charge on any atom is 0.350 e. The van der Waals surface area contributed by atoms with Gasteiger partial charge in [0.05, 0.1) is 30.1 Å². The average molecular weight is 414 g/mol. The van der Waals surface area contributed by atoms with Crippen LogP contribution in [0.1, 0.15) is 25.5 Å². The van der Waals surface area contributed by atoms with Crippen molar-refractivity contribution in [3.05, 3.63) is 58.5 Å². The Morgan fingerprint density at radius 2 is 2.03 bits per heavy atom. The van der Waals surface area contributed by atoms with E-state index in [1.807, 2.05) is 24.3 Å². The first kappa shape index (κ1) is 20.8. The predicted octanol–water partition coefficient (Wildman–Crippen LogP) is 2.80. The van der Waals surface area contributed by atoms with E-state index in [1.165, 1.54) is 28.2 Å². The molecule has 2 aromatic heterocycles. The number of aryl methyl sites for hydroxylation is 1. The molecule has 1 unspecified atom stereocenters. The molecule has 0 fully saturated rings. The number of ether oxygens (including phenoxy) is 2. The van der Waals surface area contributed by atoms with E-state index in [0.29, 0.717) is 5.69 Å². The fraction of sp³-hybridized carbons (Fsp3) is 0.316. The molecule has 0 radical (unpaired) electrons. The van der Waals surface area contributed by atoms with E-state index in [0.717, 1.165) is 18.4 Å². The van der Waals surface area contributed by atoms with E-state index in [-0.39, 0.29) is 18.3 Å². The number of nitro groups is 1. The van der Waals surface area contributed by atoms with Crippen LogP contribution >= 0.6 is 0 Å². The quantitative estimate of drug-likeness (QED) is 0.421. The van der Waals surface area contributed by atoms with Gasteiger partial charge in [-0.25, -0.2) is 9.36 Å². The molecule has 1 N–H and O–H groups in total. The van der Waals surface area contributed by atoms with Crippen LogP contribution < -0.4 is 14.8 Å². The van der Waals surface area contributed by atoms with Crippen LogP contribution in [0, 0.1) is 10.1 Å². The number of aromatic nitrogens is 4. The van der Waals surface area contributed by atoms with Gasteiger partial charge in [0.1, 0.15) is 18.0 Å². The molecule has 0 aliphatic heterocycles. The van der Waals surface area contributed by atoms with Gasteiger partial charge in [-0.15, -0.1) is 5.10 Å². The van der Waals surface area contributed by atoms with Crippen LogP contribution in [0.15, 0.2) is 42.9 Å². The van der Waals surface area contributed by atoms with E-state index >= 15 is 0 Å². The van der Waals surface area contributed by atoms with E-state index in [4.69, 9.17) is 9.47 Å². The molecule has 0 spiro atoms. The lowest BCUT2D eigenvalue weighted by molar-refractivity contribution is -0.385. The number of methoxy groups -OCH3 is 1. The molecule has 3 rings (SSSR count). The van der Waals surface area contributed by atoms with E-state index in [9.17, 15) is 14.9 Å². The van der Waals surface area contributed by atoms with E-state index in [2.05, 4.69) is 22.4 Å². The van der Waals surface area contributed by atoms with Crippen LogP contribution in [0.5, 0.6) is 11.6 Å². The fourth-order valence-corrected chi connectivity index (χ4v) is 2.66. The molecule has 1 aromatic carbocycles. The smallest absolute Gasteiger partial charge is 0.350 e. The maximum absolute atomic E-state index is 12.5. The lowest BCUT2D eigenvalue weighted by Crippen LogP contribution is -2.23. The summed E-state index contributed by atoms with van der Waals surface area (Å²) in [6, 6.07) is 6.98. The van der Waals surface area contributed by atoms with Gasteiger partial charge in [0.25, 0.3) is 0 Å². The summed E-state index contributed by atoms with van der Waals surface area (Å²) >= 11 is 0. The number of benzene rings is 1. The van der Waals surface area contributed by atoms with Crippen molar-refractivity contribution < 1.29 is 19.2 Å². The minimum atomic E-state index is -0.802. The third-order valence-corrected chi connectivity index (χ3v) is 4.44. The summed E-state index contributed by atoms with van der Waals surface area (Å²) in [5.41, 5.74) is 1.38. The highest BCUT2D eigenvalue weighted by atomic mass is 16.6. The monoisotopic (exact) mass is 414 g/mol. The predicted molar refractivity (Wildman–Crippen MR) is 107 cm³/mol. The number of carbonyl (C=O) groups excluding carboxylic acids is 1. The molecule has 0 aliphatic carbocycles. The van der Waals surface area contributed by atoms with Gasteiger partial charge >= 0.3 is 11.6 Å². The summed E-state index contributed by atoms with van der Waals surface area (Å²) in [6.07, 6.45) is 5.22. The Hall–Kier alpha value is -3.89. The van der Waals surface area contributed by atoms with Gasteiger partial charge in [0, 0.05) is 0 Å². The third kappa shape index (κ3) is 4.74. The summed E-state index contributed by atoms with van der Waals surface area (Å²) in [5, 5.41) is 21.8. The molecular formula is C19H22N6O5. The number of hydrogen-bond donors (Lipinski definition) is 1. The number of nitrogens with one attached hydrogen (secondary N) is 1. The van der Waals surface area contributed by atoms with Crippen molar-refractivity contribution in [2.75, 3.05) is 12.4 Å². The summed E-state index contributed by atoms with van der Waals surface area (Å²) < 4.78 is 13.3. The normalized spacial score (nSPS) is 11.7. The number of amides is 1. The largest absolute Gasteiger partial charge is 0.475 e. The highest BCUT2D eigenvalue weighted by Gasteiger charge is 2.25. The number of hydrogen-bond acceptors (Lipinski definition) is 7. The molecule has 30 heavy (non-hydrogen) atoms. The summed E-state index contributed by atoms with van der Waals surface area (Å²) in [4.78, 5) is 22.9. The Labute approximate surface area is 172 Å². The zero-order chi connectivity index (χ0) is 21.7. The van der Waals surface area contributed by atoms with Crippen molar-refractivity contribution in [1.29, 1.82) is 0 Å². The van der Waals surface area contributed by atoms with Crippen molar-refractivity contribution in [2.24, 2.45) is 0 Å². The van der Waals surface area contributed by atoms with Gasteiger partial charge in [-0.05, 0) is 31.0 Å². The zero-order valence-electron chi connectivity index (χ0n) is 16.8. The Kier molecular flexibility index (Phi) is 6.30. The summed E-state index contributed by atoms with van der Waals surface area (Å²) in [7, 11) is 1.28. The minimum Gasteiger partial charge on any atom is -0.475 e. The van der Waals surface area contributed by atoms with Crippen molar-refractivity contribution in [3.8, 4) is 11.6 Å². The zero-order valence-corrected chi connectivity index (χ0v) is 16.8. The number of carbonyl (C=O) groups is 1. The van der Waals surface area contributed by atoms with Gasteiger partial charge in [-0.1, -0.05) is 19.1 Å². The van der Waals surface area contributed by atoms with Gasteiger partial charge in [-0.3, -0.25) is 14.9 Å². The van der Waals surface area contributed by atoms with Gasteiger partial charge in [0.2, 0.25) is 5.91 Å². The summed E-state index contributed by atoms with van der Waals surface area (Å²) in [5.74, 6) is 0.151. The highest BCUT2D eigenvalue weighted by molar-refractivity contribution is 5.93. The average Bonchev–Trinajstić information content (AvgIpc) is 3.39. The maximum atomic E-state index is 12.5. The molecular weight excluding hydrogens is 392 g/mol. The molecule has 11 heteroatoms. The number of nitrogens with zero attached hydrogens (tertiary/aromatic N) is 5. The van der Waals surface area contributed by atoms with E-state index < -0.39 is 16.9 Å². The Balaban J connectivity index is 1.59. The molecule has 0 aliphatic rings. The third-order valence-electron chi connectivity index (χ3n) is 4.44. The standard InChI is InChI=1S/C19H22N6O5/c1-4-14-5-7-16(8-6-14)30-12-23-10-15(9-20-23)21-18(26)13(2)24-11-17(25(27)28)19(22-24)29-3/h5-11,13H,4,12H2,1-3H3,(H,21,26). The SMILES string of the molecule is CCc1ccc(OCn2cc(NC(=O)C(C)n3cc([N+](=O)[O-])c(OC)n3)cn2)cc1. The van der Waals surface area contributed by atoms with Gasteiger partial charge in [0.15, 0.2) is 6.73 Å². The highest BCUT2D eigenvalue weighted by Crippen LogP contribution is 2.26. The van der Waals surface area contributed by atoms with Crippen molar-refractivity contribution >= 4 is 17.3 Å². The van der Waals surface area contributed by atoms with Crippen molar-refractivity contribution in [1.82, 2.24) is 19.6 Å². The first-order valence-electron chi connectivity index (χ1n) is 9.23. The number of anilines is 1. The first-order chi connectivity index (χ1) is 14.4. The molecule has 11 nitrogen and oxygen atoms in total. The van der Waals surface area contributed by atoms with Crippen LogP contribution in [-0.4, -0.2) is 37.5 Å². The second kappa shape index (κ2) is 9.07. The molecule has 1 atom stereocenters. The van der Waals surface area contributed by atoms with Crippen LogP contribution in [0.2, 0.25) is 0 Å². The minimum absolute atomic E-state index is 0.156. The Morgan fingerprint density at radius 1 is 1.30 bits per heavy atom. The van der Waals surface area contributed by atoms with Gasteiger partial charge in [-0.2, -0.15) is 5.10 Å². The van der Waals surface area contributed by atoms with Crippen LogP contribution in [-0.2, 0) is 17.9 Å². The lowest BCUT2D eigenvalue weighted by Gasteiger charge is -2.11. The second-order valence-corrected chi connectivity index (χ2v) is 6.47. The van der Waals surface area contributed by atoms with Crippen LogP contribution in [0.3, 0.4) is 0 Å². The molecule has 1 amide bonds. The topological polar surface area (TPSA) is 126 Å². The Morgan fingerprint density at radius 3 is 2.63 bits per heavy atom. The Bertz CT molecular complexity index is 1030. The summed E-state index contributed by atoms with van der Waals surface area (Å²) in [6.45, 7) is 3.83. The molecule has 2 heterocycles. The second-order valence-electron chi connectivity index (χ2n) is 6.47. The van der Waals surface area contributed by atoms with Crippen molar-refractivity contribution in [2.45, 2.75) is 33.0 Å². The molecule has 3 aromatic rings. The van der Waals surface area contributed by atoms with Gasteiger partial charge < -0.3 is 14.8 Å². The fourth-order valence-electron chi connectivity index (χ4n) is 2.66. The lowest BCUT2D eigenvalue weighted by atomic mass is 10.2. The molecule has 0 bridgehead atoms. The van der Waals surface area contributed by atoms with Crippen LogP contribution in [0.25, 0.3) is 0 Å². The molecule has 0 saturated carbocycles. The van der Waals surface area contributed by atoms with Crippen molar-refractivity contribution in [3.63, 3.8) is 0 Å². The molecule has 0 saturated heterocycles. The van der Waals surface area contributed by atoms with E-state index in [1.54, 1.807) is 13.1 Å².